The van der Waals surface area contributed by atoms with Gasteiger partial charge in [0.15, 0.2) is 9.84 Å². The number of halogens is 1. The summed E-state index contributed by atoms with van der Waals surface area (Å²) in [5, 5.41) is 11.1. The second-order valence-electron chi connectivity index (χ2n) is 7.78. The van der Waals surface area contributed by atoms with Crippen molar-refractivity contribution in [3.8, 4) is 5.75 Å². The van der Waals surface area contributed by atoms with E-state index in [1.807, 2.05) is 13.0 Å². The van der Waals surface area contributed by atoms with E-state index in [1.54, 1.807) is 42.5 Å². The average molecular weight is 520 g/mol. The second-order valence-corrected chi connectivity index (χ2v) is 10.9. The number of hydrogen-bond acceptors (Lipinski definition) is 6. The lowest BCUT2D eigenvalue weighted by Crippen LogP contribution is -2.40. The van der Waals surface area contributed by atoms with Gasteiger partial charge >= 0.3 is 0 Å². The first-order valence-corrected chi connectivity index (χ1v) is 12.8. The van der Waals surface area contributed by atoms with Gasteiger partial charge in [0, 0.05) is 16.1 Å². The van der Waals surface area contributed by atoms with Gasteiger partial charge in [-0.3, -0.25) is 9.59 Å². The number of hydrogen-bond donors (Lipinski definition) is 1. The zero-order valence-electron chi connectivity index (χ0n) is 17.3. The lowest BCUT2D eigenvalue weighted by molar-refractivity contribution is -0.141. The van der Waals surface area contributed by atoms with Gasteiger partial charge in [-0.2, -0.15) is 0 Å². The first-order valence-electron chi connectivity index (χ1n) is 10.2. The molecule has 2 aliphatic rings. The highest BCUT2D eigenvalue weighted by Crippen LogP contribution is 2.42. The van der Waals surface area contributed by atoms with Gasteiger partial charge in [-0.25, -0.2) is 8.42 Å². The molecule has 0 spiro atoms. The van der Waals surface area contributed by atoms with E-state index in [-0.39, 0.29) is 29.3 Å². The van der Waals surface area contributed by atoms with E-state index >= 15 is 0 Å². The smallest absolute Gasteiger partial charge is 0.295 e. The van der Waals surface area contributed by atoms with Crippen LogP contribution in [0.15, 0.2) is 58.6 Å². The summed E-state index contributed by atoms with van der Waals surface area (Å²) in [6.07, 6.45) is 0.253. The molecule has 2 aliphatic heterocycles. The number of benzene rings is 2. The molecule has 168 valence electrons. The number of sulfone groups is 1. The fourth-order valence-electron chi connectivity index (χ4n) is 4.26. The Balaban J connectivity index is 1.85. The van der Waals surface area contributed by atoms with Crippen molar-refractivity contribution in [2.24, 2.45) is 0 Å². The highest BCUT2D eigenvalue weighted by molar-refractivity contribution is 9.10. The summed E-state index contributed by atoms with van der Waals surface area (Å²) in [4.78, 5) is 27.5. The van der Waals surface area contributed by atoms with Gasteiger partial charge in [-0.05, 0) is 55.3 Å². The summed E-state index contributed by atoms with van der Waals surface area (Å²) in [5.41, 5.74) is 0.919. The van der Waals surface area contributed by atoms with E-state index in [4.69, 9.17) is 4.74 Å². The molecule has 0 aromatic heterocycles. The third-order valence-electron chi connectivity index (χ3n) is 5.69. The highest BCUT2D eigenvalue weighted by Gasteiger charge is 2.50. The van der Waals surface area contributed by atoms with Gasteiger partial charge in [-0.1, -0.05) is 28.1 Å². The summed E-state index contributed by atoms with van der Waals surface area (Å²) in [5.74, 6) is -1.56. The van der Waals surface area contributed by atoms with Crippen molar-refractivity contribution in [2.45, 2.75) is 25.4 Å². The highest BCUT2D eigenvalue weighted by atomic mass is 79.9. The summed E-state index contributed by atoms with van der Waals surface area (Å²) in [6.45, 7) is 2.35. The Morgan fingerprint density at radius 1 is 1.19 bits per heavy atom. The molecule has 2 saturated heterocycles. The molecular weight excluding hydrogens is 498 g/mol. The van der Waals surface area contributed by atoms with E-state index in [1.165, 1.54) is 4.90 Å². The topological polar surface area (TPSA) is 101 Å². The Hall–Kier alpha value is -2.65. The van der Waals surface area contributed by atoms with Crippen LogP contribution in [0.1, 0.15) is 30.5 Å². The third kappa shape index (κ3) is 4.19. The molecule has 0 aliphatic carbocycles. The minimum Gasteiger partial charge on any atom is -0.507 e. The first-order chi connectivity index (χ1) is 15.2. The number of carbonyl (C=O) groups excluding carboxylic acids is 2. The third-order valence-corrected chi connectivity index (χ3v) is 7.93. The number of aliphatic hydroxyl groups excluding tert-OH is 1. The molecule has 1 amide bonds. The van der Waals surface area contributed by atoms with E-state index in [0.29, 0.717) is 23.5 Å². The van der Waals surface area contributed by atoms with Crippen molar-refractivity contribution >= 4 is 43.2 Å². The summed E-state index contributed by atoms with van der Waals surface area (Å²) in [6, 6.07) is 12.1. The van der Waals surface area contributed by atoms with Gasteiger partial charge in [0.25, 0.3) is 11.7 Å². The van der Waals surface area contributed by atoms with Crippen molar-refractivity contribution in [3.05, 3.63) is 69.7 Å². The van der Waals surface area contributed by atoms with Crippen LogP contribution < -0.4 is 4.74 Å². The molecule has 1 N–H and O–H groups in total. The monoisotopic (exact) mass is 519 g/mol. The number of nitrogens with zero attached hydrogens (tertiary/aromatic N) is 1. The molecule has 2 aromatic rings. The second kappa shape index (κ2) is 8.71. The van der Waals surface area contributed by atoms with Crippen LogP contribution in [0, 0.1) is 0 Å². The quantitative estimate of drug-likeness (QED) is 0.368. The zero-order valence-corrected chi connectivity index (χ0v) is 19.7. The number of ketones is 1. The molecule has 0 saturated carbocycles. The lowest BCUT2D eigenvalue weighted by atomic mass is 9.94. The molecule has 7 nitrogen and oxygen atoms in total. The summed E-state index contributed by atoms with van der Waals surface area (Å²) in [7, 11) is -3.29. The minimum atomic E-state index is -3.29. The average Bonchev–Trinajstić information content (AvgIpc) is 3.24. The largest absolute Gasteiger partial charge is 0.507 e. The number of carbonyl (C=O) groups is 2. The Kier molecular flexibility index (Phi) is 6.13. The van der Waals surface area contributed by atoms with Crippen molar-refractivity contribution in [1.29, 1.82) is 0 Å². The van der Waals surface area contributed by atoms with Crippen LogP contribution >= 0.6 is 15.9 Å². The minimum absolute atomic E-state index is 0.0369. The number of aliphatic hydroxyl groups is 1. The molecule has 2 heterocycles. The van der Waals surface area contributed by atoms with Crippen molar-refractivity contribution in [2.75, 3.05) is 18.1 Å². The Morgan fingerprint density at radius 3 is 2.50 bits per heavy atom. The SMILES string of the molecule is CCOc1ccc(C(O)=C2C(=O)C(=O)N(C3CCS(=O)(=O)C3)C2c2cccc(Br)c2)cc1. The van der Waals surface area contributed by atoms with Crippen molar-refractivity contribution in [3.63, 3.8) is 0 Å². The van der Waals surface area contributed by atoms with E-state index in [2.05, 4.69) is 15.9 Å². The number of ether oxygens (including phenoxy) is 1. The fraction of sp³-hybridized carbons (Fsp3) is 0.304. The van der Waals surface area contributed by atoms with E-state index in [9.17, 15) is 23.1 Å². The van der Waals surface area contributed by atoms with Crippen LogP contribution in [0.2, 0.25) is 0 Å². The van der Waals surface area contributed by atoms with Crippen molar-refractivity contribution < 1.29 is 27.9 Å². The predicted octanol–water partition coefficient (Wildman–Crippen LogP) is 3.46. The van der Waals surface area contributed by atoms with Crippen LogP contribution in [0.5, 0.6) is 5.75 Å². The molecule has 2 fully saturated rings. The zero-order chi connectivity index (χ0) is 23.0. The molecule has 2 unspecified atom stereocenters. The number of likely N-dealkylation sites (tertiary alicyclic amines) is 1. The molecule has 2 atom stereocenters. The number of Topliss-reactive ketones (excluding diaryl/α,β-unsaturated/α-hetero) is 1. The summed E-state index contributed by atoms with van der Waals surface area (Å²) < 4.78 is 30.4. The normalized spacial score (nSPS) is 24.1. The molecule has 32 heavy (non-hydrogen) atoms. The Bertz CT molecular complexity index is 1210. The number of rotatable bonds is 5. The maximum Gasteiger partial charge on any atom is 0.295 e. The van der Waals surface area contributed by atoms with Gasteiger partial charge in [0.2, 0.25) is 0 Å². The van der Waals surface area contributed by atoms with E-state index in [0.717, 1.165) is 4.47 Å². The molecule has 0 bridgehead atoms. The fourth-order valence-corrected chi connectivity index (χ4v) is 6.38. The Labute approximate surface area is 194 Å². The van der Waals surface area contributed by atoms with Crippen molar-refractivity contribution in [1.82, 2.24) is 4.90 Å². The standard InChI is InChI=1S/C23H22BrNO6S/c1-2-31-18-8-6-14(7-9-18)21(26)19-20(15-4-3-5-16(24)12-15)25(23(28)22(19)27)17-10-11-32(29,30)13-17/h3-9,12,17,20,26H,2,10-11,13H2,1H3. The van der Waals surface area contributed by atoms with Gasteiger partial charge in [0.1, 0.15) is 11.5 Å². The molecule has 0 radical (unpaired) electrons. The maximum absolute atomic E-state index is 13.1. The maximum atomic E-state index is 13.1. The van der Waals surface area contributed by atoms with Crippen LogP contribution in [0.4, 0.5) is 0 Å². The van der Waals surface area contributed by atoms with Gasteiger partial charge in [-0.15, -0.1) is 0 Å². The molecule has 4 rings (SSSR count). The number of amides is 1. The molecular formula is C23H22BrNO6S. The lowest BCUT2D eigenvalue weighted by Gasteiger charge is -2.30. The molecule has 9 heteroatoms. The molecule has 2 aromatic carbocycles. The van der Waals surface area contributed by atoms with Gasteiger partial charge in [0.05, 0.1) is 29.7 Å². The Morgan fingerprint density at radius 2 is 1.91 bits per heavy atom. The van der Waals surface area contributed by atoms with Gasteiger partial charge < -0.3 is 14.7 Å². The van der Waals surface area contributed by atoms with E-state index < -0.39 is 33.6 Å². The van der Waals surface area contributed by atoms with Crippen LogP contribution in [0.25, 0.3) is 5.76 Å². The predicted molar refractivity (Wildman–Crippen MR) is 123 cm³/mol. The van der Waals surface area contributed by atoms with Crippen LogP contribution in [-0.4, -0.2) is 54.3 Å². The first kappa shape index (κ1) is 22.5. The van der Waals surface area contributed by atoms with Crippen LogP contribution in [0.3, 0.4) is 0 Å². The summed E-state index contributed by atoms with van der Waals surface area (Å²) >= 11 is 3.41. The van der Waals surface area contributed by atoms with Crippen LogP contribution in [-0.2, 0) is 19.4 Å².